The van der Waals surface area contributed by atoms with Crippen LogP contribution in [0.3, 0.4) is 0 Å². The number of benzene rings is 3. The molecule has 0 aliphatic rings. The number of aliphatic hydroxyl groups is 1. The number of rotatable bonds is 6. The zero-order valence-corrected chi connectivity index (χ0v) is 15.7. The van der Waals surface area contributed by atoms with E-state index in [1.54, 1.807) is 6.07 Å². The Bertz CT molecular complexity index is 1090. The van der Waals surface area contributed by atoms with Gasteiger partial charge in [-0.15, -0.1) is 0 Å². The summed E-state index contributed by atoms with van der Waals surface area (Å²) in [6.07, 6.45) is 0. The molecule has 0 saturated heterocycles. The molecular formula is C24H21N3O2. The van der Waals surface area contributed by atoms with Gasteiger partial charge < -0.3 is 10.4 Å². The van der Waals surface area contributed by atoms with E-state index in [1.807, 2.05) is 84.9 Å². The van der Waals surface area contributed by atoms with Gasteiger partial charge in [0.05, 0.1) is 24.0 Å². The third kappa shape index (κ3) is 4.10. The van der Waals surface area contributed by atoms with Gasteiger partial charge in [-0.05, 0) is 23.3 Å². The minimum atomic E-state index is -0.476. The number of aliphatic hydroxyl groups excluding tert-OH is 1. The number of hydrogen-bond donors (Lipinski definition) is 3. The van der Waals surface area contributed by atoms with Crippen molar-refractivity contribution in [3.63, 3.8) is 0 Å². The Morgan fingerprint density at radius 2 is 1.59 bits per heavy atom. The lowest BCUT2D eigenvalue weighted by Crippen LogP contribution is -2.31. The number of amides is 1. The molecule has 1 amide bonds. The topological polar surface area (TPSA) is 78.0 Å². The van der Waals surface area contributed by atoms with Crippen molar-refractivity contribution in [1.29, 1.82) is 0 Å². The molecule has 0 saturated carbocycles. The Labute approximate surface area is 169 Å². The van der Waals surface area contributed by atoms with Crippen LogP contribution in [0.15, 0.2) is 91.0 Å². The van der Waals surface area contributed by atoms with Crippen molar-refractivity contribution in [3.8, 4) is 22.5 Å². The highest BCUT2D eigenvalue weighted by atomic mass is 16.3. The molecule has 144 valence electrons. The molecule has 3 aromatic carbocycles. The molecule has 0 aliphatic carbocycles. The number of aromatic nitrogens is 2. The van der Waals surface area contributed by atoms with E-state index in [1.165, 1.54) is 0 Å². The van der Waals surface area contributed by atoms with Crippen molar-refractivity contribution < 1.29 is 9.90 Å². The molecule has 0 unspecified atom stereocenters. The molecule has 1 heterocycles. The van der Waals surface area contributed by atoms with Crippen LogP contribution in [-0.2, 0) is 0 Å². The first-order chi connectivity index (χ1) is 14.3. The van der Waals surface area contributed by atoms with Gasteiger partial charge in [-0.3, -0.25) is 9.89 Å². The van der Waals surface area contributed by atoms with Crippen LogP contribution >= 0.6 is 0 Å². The molecule has 4 rings (SSSR count). The molecule has 0 bridgehead atoms. The highest BCUT2D eigenvalue weighted by Crippen LogP contribution is 2.27. The number of carbonyl (C=O) groups is 1. The van der Waals surface area contributed by atoms with Crippen LogP contribution in [0.25, 0.3) is 22.5 Å². The van der Waals surface area contributed by atoms with Crippen LogP contribution in [-0.4, -0.2) is 27.8 Å². The average molecular weight is 383 g/mol. The monoisotopic (exact) mass is 383 g/mol. The molecule has 0 fully saturated rings. The molecule has 0 radical (unpaired) electrons. The highest BCUT2D eigenvalue weighted by Gasteiger charge is 2.19. The molecular weight excluding hydrogens is 362 g/mol. The zero-order chi connectivity index (χ0) is 20.1. The number of aromatic amines is 1. The smallest absolute Gasteiger partial charge is 0.252 e. The maximum absolute atomic E-state index is 13.0. The molecule has 5 nitrogen and oxygen atoms in total. The van der Waals surface area contributed by atoms with E-state index < -0.39 is 6.04 Å². The number of H-pyrrole nitrogens is 1. The summed E-state index contributed by atoms with van der Waals surface area (Å²) < 4.78 is 0. The summed E-state index contributed by atoms with van der Waals surface area (Å²) in [5, 5.41) is 20.1. The minimum Gasteiger partial charge on any atom is -0.394 e. The lowest BCUT2D eigenvalue weighted by molar-refractivity contribution is 0.0917. The summed E-state index contributed by atoms with van der Waals surface area (Å²) in [6.45, 7) is -0.182. The van der Waals surface area contributed by atoms with E-state index in [0.29, 0.717) is 11.3 Å². The molecule has 0 spiro atoms. The van der Waals surface area contributed by atoms with E-state index in [0.717, 1.165) is 22.4 Å². The second kappa shape index (κ2) is 8.54. The maximum atomic E-state index is 13.0. The van der Waals surface area contributed by atoms with Crippen molar-refractivity contribution in [1.82, 2.24) is 15.5 Å². The first kappa shape index (κ1) is 18.7. The first-order valence-electron chi connectivity index (χ1n) is 9.43. The fourth-order valence-electron chi connectivity index (χ4n) is 3.29. The number of hydrogen-bond acceptors (Lipinski definition) is 3. The maximum Gasteiger partial charge on any atom is 0.252 e. The van der Waals surface area contributed by atoms with Gasteiger partial charge >= 0.3 is 0 Å². The Kier molecular flexibility index (Phi) is 5.49. The van der Waals surface area contributed by atoms with E-state index in [2.05, 4.69) is 15.5 Å². The third-order valence-electron chi connectivity index (χ3n) is 4.80. The zero-order valence-electron chi connectivity index (χ0n) is 15.7. The van der Waals surface area contributed by atoms with Gasteiger partial charge in [-0.1, -0.05) is 78.9 Å². The standard InChI is InChI=1S/C24H21N3O2/c28-16-23(18-11-5-2-6-12-18)25-24(29)20-14-8-7-13-19(20)22-15-21(26-27-22)17-9-3-1-4-10-17/h1-15,23,28H,16H2,(H,25,29)(H,26,27)/t23-/m0/s1. The largest absolute Gasteiger partial charge is 0.394 e. The third-order valence-corrected chi connectivity index (χ3v) is 4.80. The summed E-state index contributed by atoms with van der Waals surface area (Å²) in [6, 6.07) is 28.1. The van der Waals surface area contributed by atoms with Crippen LogP contribution in [0.1, 0.15) is 22.0 Å². The van der Waals surface area contributed by atoms with Gasteiger partial charge in [-0.2, -0.15) is 5.10 Å². The normalized spacial score (nSPS) is 11.8. The fraction of sp³-hybridized carbons (Fsp3) is 0.0833. The van der Waals surface area contributed by atoms with Crippen LogP contribution in [0.5, 0.6) is 0 Å². The Balaban J connectivity index is 1.62. The van der Waals surface area contributed by atoms with Gasteiger partial charge in [0.1, 0.15) is 0 Å². The van der Waals surface area contributed by atoms with E-state index in [9.17, 15) is 9.90 Å². The summed E-state index contributed by atoms with van der Waals surface area (Å²) in [5.74, 6) is -0.257. The second-order valence-electron chi connectivity index (χ2n) is 6.70. The molecule has 1 aromatic heterocycles. The van der Waals surface area contributed by atoms with Crippen molar-refractivity contribution in [3.05, 3.63) is 102 Å². The molecule has 3 N–H and O–H groups in total. The number of nitrogens with zero attached hydrogens (tertiary/aromatic N) is 1. The molecule has 5 heteroatoms. The summed E-state index contributed by atoms with van der Waals surface area (Å²) >= 11 is 0. The predicted molar refractivity (Wildman–Crippen MR) is 113 cm³/mol. The average Bonchev–Trinajstić information content (AvgIpc) is 3.29. The van der Waals surface area contributed by atoms with Crippen LogP contribution in [0.2, 0.25) is 0 Å². The summed E-state index contributed by atoms with van der Waals surface area (Å²) in [7, 11) is 0. The van der Waals surface area contributed by atoms with Crippen molar-refractivity contribution in [2.24, 2.45) is 0 Å². The predicted octanol–water partition coefficient (Wildman–Crippen LogP) is 4.21. The van der Waals surface area contributed by atoms with Crippen LogP contribution < -0.4 is 5.32 Å². The first-order valence-corrected chi connectivity index (χ1v) is 9.43. The van der Waals surface area contributed by atoms with Crippen LogP contribution in [0, 0.1) is 0 Å². The van der Waals surface area contributed by atoms with Crippen molar-refractivity contribution in [2.45, 2.75) is 6.04 Å². The van der Waals surface area contributed by atoms with Gasteiger partial charge in [-0.25, -0.2) is 0 Å². The summed E-state index contributed by atoms with van der Waals surface area (Å²) in [4.78, 5) is 13.0. The Morgan fingerprint density at radius 3 is 2.31 bits per heavy atom. The molecule has 0 aliphatic heterocycles. The Morgan fingerprint density at radius 1 is 0.931 bits per heavy atom. The Hall–Kier alpha value is -3.70. The highest BCUT2D eigenvalue weighted by molar-refractivity contribution is 6.00. The second-order valence-corrected chi connectivity index (χ2v) is 6.70. The van der Waals surface area contributed by atoms with Crippen molar-refractivity contribution in [2.75, 3.05) is 6.61 Å². The fourth-order valence-corrected chi connectivity index (χ4v) is 3.29. The molecule has 29 heavy (non-hydrogen) atoms. The molecule has 1 atom stereocenters. The van der Waals surface area contributed by atoms with Crippen LogP contribution in [0.4, 0.5) is 0 Å². The van der Waals surface area contributed by atoms with E-state index in [-0.39, 0.29) is 12.5 Å². The van der Waals surface area contributed by atoms with E-state index in [4.69, 9.17) is 0 Å². The minimum absolute atomic E-state index is 0.182. The lowest BCUT2D eigenvalue weighted by Gasteiger charge is -2.17. The summed E-state index contributed by atoms with van der Waals surface area (Å²) in [5.41, 5.74) is 4.69. The molecule has 4 aromatic rings. The lowest BCUT2D eigenvalue weighted by atomic mass is 10.0. The van der Waals surface area contributed by atoms with Gasteiger partial charge in [0.25, 0.3) is 5.91 Å². The van der Waals surface area contributed by atoms with E-state index >= 15 is 0 Å². The van der Waals surface area contributed by atoms with Crippen molar-refractivity contribution >= 4 is 5.91 Å². The van der Waals surface area contributed by atoms with Gasteiger partial charge in [0.2, 0.25) is 0 Å². The number of nitrogens with one attached hydrogen (secondary N) is 2. The quantitative estimate of drug-likeness (QED) is 0.467. The van der Waals surface area contributed by atoms with Gasteiger partial charge in [0.15, 0.2) is 0 Å². The number of carbonyl (C=O) groups excluding carboxylic acids is 1. The SMILES string of the molecule is O=C(N[C@@H](CO)c1ccccc1)c1ccccc1-c1cc(-c2ccccc2)[nH]n1. The van der Waals surface area contributed by atoms with Gasteiger partial charge in [0, 0.05) is 11.1 Å².